The molecule has 0 amide bonds. The fraction of sp³-hybridized carbons (Fsp3) is 0.762. The van der Waals surface area contributed by atoms with Gasteiger partial charge < -0.3 is 23.1 Å². The molecular weight excluding hydrogens is 465 g/mol. The third-order valence-electron chi connectivity index (χ3n) is 6.09. The number of rotatable bonds is 9. The Balaban J connectivity index is 2.46. The number of nitrogens with one attached hydrogen (secondary N) is 1. The van der Waals surface area contributed by atoms with Crippen molar-refractivity contribution in [2.75, 3.05) is 19.8 Å². The molecule has 0 bridgehead atoms. The number of hydrogen-bond acceptors (Lipinski definition) is 6. The monoisotopic (exact) mass is 501 g/mol. The number of aryl methyl sites for hydroxylation is 1. The van der Waals surface area contributed by atoms with Crippen molar-refractivity contribution in [1.29, 1.82) is 0 Å². The first-order valence-corrected chi connectivity index (χ1v) is 15.8. The zero-order valence-electron chi connectivity index (χ0n) is 20.3. The van der Waals surface area contributed by atoms with Crippen LogP contribution < -0.4 is 5.56 Å². The Morgan fingerprint density at radius 3 is 2.59 bits per heavy atom. The minimum Gasteiger partial charge on any atom is -0.407 e. The van der Waals surface area contributed by atoms with Crippen molar-refractivity contribution in [3.05, 3.63) is 38.3 Å². The van der Waals surface area contributed by atoms with E-state index in [2.05, 4.69) is 43.7 Å². The summed E-state index contributed by atoms with van der Waals surface area (Å²) in [6.45, 7) is 24.2. The van der Waals surface area contributed by atoms with Gasteiger partial charge in [-0.1, -0.05) is 27.7 Å². The standard InChI is InChI=1S/C21H36N3O5PSSi/c1-10-15-16(28-30(7)26-12-11-22-6)17(29-32(8,9)21(3,4)5)19(27-15)24-13-14(2)18(25)23-20(24)31/h13,15-17,19H,10-12H2,1-5,7-9H3,(H,23,25,31)/t15-,16?,17+,19-,30?/m1/s1. The van der Waals surface area contributed by atoms with Crippen LogP contribution in [0.2, 0.25) is 18.1 Å². The van der Waals surface area contributed by atoms with Crippen molar-refractivity contribution in [1.82, 2.24) is 9.55 Å². The first-order chi connectivity index (χ1) is 14.8. The molecule has 8 nitrogen and oxygen atoms in total. The second kappa shape index (κ2) is 11.0. The second-order valence-electron chi connectivity index (χ2n) is 9.52. The minimum atomic E-state index is -2.21. The molecule has 0 spiro atoms. The first kappa shape index (κ1) is 27.3. The van der Waals surface area contributed by atoms with Gasteiger partial charge in [-0.25, -0.2) is 6.57 Å². The highest BCUT2D eigenvalue weighted by atomic mass is 32.1. The third kappa shape index (κ3) is 6.35. The van der Waals surface area contributed by atoms with Gasteiger partial charge in [-0.05, 0) is 43.7 Å². The summed E-state index contributed by atoms with van der Waals surface area (Å²) in [5.41, 5.74) is 0.335. The summed E-state index contributed by atoms with van der Waals surface area (Å²) in [6, 6.07) is 0. The molecule has 1 fully saturated rings. The van der Waals surface area contributed by atoms with E-state index in [0.717, 1.165) is 6.42 Å². The zero-order valence-corrected chi connectivity index (χ0v) is 23.0. The van der Waals surface area contributed by atoms with E-state index >= 15 is 0 Å². The molecule has 0 saturated carbocycles. The Kier molecular flexibility index (Phi) is 9.39. The van der Waals surface area contributed by atoms with E-state index in [1.54, 1.807) is 17.7 Å². The number of ether oxygens (including phenoxy) is 1. The predicted octanol–water partition coefficient (Wildman–Crippen LogP) is 5.17. The Morgan fingerprint density at radius 2 is 2.03 bits per heavy atom. The van der Waals surface area contributed by atoms with Gasteiger partial charge in [-0.2, -0.15) is 0 Å². The van der Waals surface area contributed by atoms with Crippen LogP contribution in [-0.4, -0.2) is 56.0 Å². The number of aromatic nitrogens is 2. The van der Waals surface area contributed by atoms with Crippen molar-refractivity contribution >= 4 is 28.9 Å². The molecule has 1 aromatic heterocycles. The van der Waals surface area contributed by atoms with Crippen LogP contribution in [0, 0.1) is 18.3 Å². The molecule has 1 aliphatic rings. The fourth-order valence-electron chi connectivity index (χ4n) is 3.22. The maximum atomic E-state index is 12.0. The molecular formula is C21H36N3O5PSSi. The van der Waals surface area contributed by atoms with Crippen molar-refractivity contribution in [2.24, 2.45) is 0 Å². The van der Waals surface area contributed by atoms with E-state index in [0.29, 0.717) is 18.7 Å². The number of hydrogen-bond donors (Lipinski definition) is 1. The summed E-state index contributed by atoms with van der Waals surface area (Å²) in [6.07, 6.45) is 0.903. The fourth-order valence-corrected chi connectivity index (χ4v) is 5.75. The summed E-state index contributed by atoms with van der Waals surface area (Å²) >= 11 is 5.47. The topological polar surface area (TPSA) is 79.1 Å². The minimum absolute atomic E-state index is 0.0160. The van der Waals surface area contributed by atoms with Crippen molar-refractivity contribution in [2.45, 2.75) is 83.7 Å². The SMILES string of the molecule is [C-]#[N+]CCOP(C)OC1[C@@H](CC)O[C@@H](n2cc(C)c(=O)[nH]c2=S)[C@H]1O[Si](C)(C)C(C)(C)C. The highest BCUT2D eigenvalue weighted by Gasteiger charge is 2.51. The second-order valence-corrected chi connectivity index (χ2v) is 16.0. The average Bonchev–Trinajstić information content (AvgIpc) is 3.00. The summed E-state index contributed by atoms with van der Waals surface area (Å²) < 4.78 is 27.5. The molecule has 180 valence electrons. The van der Waals surface area contributed by atoms with Crippen LogP contribution >= 0.6 is 20.6 Å². The van der Waals surface area contributed by atoms with Crippen LogP contribution in [-0.2, 0) is 18.2 Å². The lowest BCUT2D eigenvalue weighted by Gasteiger charge is -2.41. The van der Waals surface area contributed by atoms with E-state index in [4.69, 9.17) is 37.0 Å². The van der Waals surface area contributed by atoms with Gasteiger partial charge in [-0.3, -0.25) is 14.3 Å². The van der Waals surface area contributed by atoms with E-state index in [-0.39, 0.29) is 27.6 Å². The molecule has 2 heterocycles. The number of H-pyrrole nitrogens is 1. The highest BCUT2D eigenvalue weighted by Crippen LogP contribution is 2.47. The average molecular weight is 502 g/mol. The van der Waals surface area contributed by atoms with Crippen LogP contribution in [0.25, 0.3) is 4.85 Å². The van der Waals surface area contributed by atoms with Crippen LogP contribution in [0.4, 0.5) is 0 Å². The quantitative estimate of drug-likeness (QED) is 0.165. The van der Waals surface area contributed by atoms with E-state index < -0.39 is 29.0 Å². The third-order valence-corrected chi connectivity index (χ3v) is 12.0. The van der Waals surface area contributed by atoms with Gasteiger partial charge >= 0.3 is 0 Å². The lowest BCUT2D eigenvalue weighted by molar-refractivity contribution is -0.0362. The van der Waals surface area contributed by atoms with Gasteiger partial charge in [0.15, 0.2) is 27.7 Å². The number of aromatic amines is 1. The molecule has 32 heavy (non-hydrogen) atoms. The predicted molar refractivity (Wildman–Crippen MR) is 132 cm³/mol. The number of nitrogens with zero attached hydrogens (tertiary/aromatic N) is 2. The van der Waals surface area contributed by atoms with Gasteiger partial charge in [0, 0.05) is 18.4 Å². The molecule has 5 atom stereocenters. The Labute approximate surface area is 198 Å². The molecule has 2 rings (SSSR count). The van der Waals surface area contributed by atoms with Gasteiger partial charge in [0.05, 0.1) is 6.10 Å². The smallest absolute Gasteiger partial charge is 0.254 e. The summed E-state index contributed by atoms with van der Waals surface area (Å²) in [5.74, 6) is 0. The van der Waals surface area contributed by atoms with Crippen molar-refractivity contribution < 1.29 is 18.2 Å². The molecule has 1 N–H and O–H groups in total. The lowest BCUT2D eigenvalue weighted by atomic mass is 10.1. The lowest BCUT2D eigenvalue weighted by Crippen LogP contribution is -2.49. The molecule has 1 aliphatic heterocycles. The van der Waals surface area contributed by atoms with E-state index in [9.17, 15) is 4.79 Å². The Morgan fingerprint density at radius 1 is 1.38 bits per heavy atom. The molecule has 1 saturated heterocycles. The van der Waals surface area contributed by atoms with Crippen LogP contribution in [0.15, 0.2) is 11.0 Å². The van der Waals surface area contributed by atoms with Crippen molar-refractivity contribution in [3.63, 3.8) is 0 Å². The van der Waals surface area contributed by atoms with Crippen molar-refractivity contribution in [3.8, 4) is 0 Å². The molecule has 2 unspecified atom stereocenters. The van der Waals surface area contributed by atoms with Gasteiger partial charge in [0.2, 0.25) is 6.54 Å². The van der Waals surface area contributed by atoms with Gasteiger partial charge in [-0.15, -0.1) is 0 Å². The zero-order chi connectivity index (χ0) is 24.3. The summed E-state index contributed by atoms with van der Waals surface area (Å²) in [7, 11) is -3.43. The molecule has 11 heteroatoms. The van der Waals surface area contributed by atoms with Crippen LogP contribution in [0.5, 0.6) is 0 Å². The maximum absolute atomic E-state index is 12.0. The molecule has 0 radical (unpaired) electrons. The molecule has 0 aromatic carbocycles. The van der Waals surface area contributed by atoms with Crippen LogP contribution in [0.3, 0.4) is 0 Å². The highest BCUT2D eigenvalue weighted by molar-refractivity contribution is 7.71. The van der Waals surface area contributed by atoms with Gasteiger partial charge in [0.25, 0.3) is 5.56 Å². The maximum Gasteiger partial charge on any atom is 0.254 e. The Hall–Kier alpha value is -0.923. The van der Waals surface area contributed by atoms with E-state index in [1.807, 2.05) is 13.6 Å². The molecule has 0 aliphatic carbocycles. The summed E-state index contributed by atoms with van der Waals surface area (Å²) in [4.78, 5) is 18.1. The first-order valence-electron chi connectivity index (χ1n) is 10.8. The van der Waals surface area contributed by atoms with E-state index in [1.165, 1.54) is 0 Å². The largest absolute Gasteiger partial charge is 0.407 e. The Bertz CT molecular complexity index is 939. The summed E-state index contributed by atoms with van der Waals surface area (Å²) in [5, 5.41) is -0.0160. The normalized spacial score (nSPS) is 25.0. The van der Waals surface area contributed by atoms with Crippen LogP contribution in [0.1, 0.15) is 45.9 Å². The molecule has 1 aromatic rings. The van der Waals surface area contributed by atoms with Gasteiger partial charge in [0.1, 0.15) is 18.8 Å².